The van der Waals surface area contributed by atoms with E-state index in [0.717, 1.165) is 51.6 Å². The molecule has 3 fully saturated rings. The van der Waals surface area contributed by atoms with Crippen LogP contribution in [0, 0.1) is 23.7 Å². The first kappa shape index (κ1) is 26.3. The number of imidazole rings is 1. The Bertz CT molecular complexity index is 1250. The molecule has 6 N–H and O–H groups in total. The first-order valence-electron chi connectivity index (χ1n) is 13.5. The number of fused-ring (bicyclic) bond motifs is 1. The van der Waals surface area contributed by atoms with E-state index < -0.39 is 24.5 Å². The van der Waals surface area contributed by atoms with Gasteiger partial charge in [-0.2, -0.15) is 0 Å². The molecule has 5 rings (SSSR count). The standard InChI is InChI=1S/C26H35N7O5/c1-2-28-24(36)21-19(34)20(35)26(38-21)33-14-29-18-22(27)30-17(31-23(18)33)7-5-6-15-8-10-16(11-9-15)25(37)32-12-3-4-13-32/h14-16,19-21,26,34-35H,2-4,6,8-13H2,1H3,(H,28,36)(H2,27,30,31)/p+1. The van der Waals surface area contributed by atoms with Crippen LogP contribution in [-0.4, -0.2) is 89.5 Å². The third-order valence-corrected chi connectivity index (χ3v) is 7.79. The molecular formula is C26H36N7O5+. The lowest BCUT2D eigenvalue weighted by atomic mass is 9.80. The largest absolute Gasteiger partial charge is 0.462 e. The van der Waals surface area contributed by atoms with Gasteiger partial charge in [-0.15, -0.1) is 0 Å². The minimum Gasteiger partial charge on any atom is -0.462 e. The Balaban J connectivity index is 1.26. The van der Waals surface area contributed by atoms with Gasteiger partial charge < -0.3 is 30.7 Å². The van der Waals surface area contributed by atoms with E-state index >= 15 is 0 Å². The summed E-state index contributed by atoms with van der Waals surface area (Å²) < 4.78 is 7.22. The van der Waals surface area contributed by atoms with Gasteiger partial charge in [0.15, 0.2) is 17.7 Å². The number of aliphatic hydroxyl groups is 3. The van der Waals surface area contributed by atoms with Crippen LogP contribution in [0.2, 0.25) is 0 Å². The third-order valence-electron chi connectivity index (χ3n) is 7.79. The molecule has 4 unspecified atom stereocenters. The third kappa shape index (κ3) is 5.18. The molecule has 0 aromatic carbocycles. The summed E-state index contributed by atoms with van der Waals surface area (Å²) in [6.45, 7) is 4.02. The highest BCUT2D eigenvalue weighted by molar-refractivity contribution is 5.82. The van der Waals surface area contributed by atoms with Crippen molar-refractivity contribution in [2.75, 3.05) is 25.4 Å². The van der Waals surface area contributed by atoms with E-state index in [9.17, 15) is 20.1 Å². The molecule has 2 aromatic heterocycles. The zero-order valence-corrected chi connectivity index (χ0v) is 21.6. The second kappa shape index (κ2) is 11.2. The summed E-state index contributed by atoms with van der Waals surface area (Å²) >= 11 is 0. The van der Waals surface area contributed by atoms with E-state index in [1.807, 2.05) is 4.90 Å². The van der Waals surface area contributed by atoms with Crippen LogP contribution in [0.25, 0.3) is 11.2 Å². The van der Waals surface area contributed by atoms with Gasteiger partial charge >= 0.3 is 5.90 Å². The monoisotopic (exact) mass is 526 g/mol. The molecule has 4 atom stereocenters. The van der Waals surface area contributed by atoms with Crippen molar-refractivity contribution in [2.45, 2.75) is 76.4 Å². The van der Waals surface area contributed by atoms with E-state index in [-0.39, 0.29) is 23.5 Å². The summed E-state index contributed by atoms with van der Waals surface area (Å²) in [6, 6.07) is 0. The minimum absolute atomic E-state index is 0.144. The predicted molar refractivity (Wildman–Crippen MR) is 138 cm³/mol. The van der Waals surface area contributed by atoms with Crippen LogP contribution in [0.5, 0.6) is 0 Å². The van der Waals surface area contributed by atoms with Crippen LogP contribution in [0.4, 0.5) is 5.82 Å². The Kier molecular flexibility index (Phi) is 7.78. The fourth-order valence-corrected chi connectivity index (χ4v) is 5.66. The number of carbonyl (C=O) groups is 1. The molecule has 1 aliphatic carbocycles. The topological polar surface area (TPSA) is 174 Å². The average Bonchev–Trinajstić information content (AvgIpc) is 3.65. The van der Waals surface area contributed by atoms with Gasteiger partial charge in [0, 0.05) is 25.4 Å². The number of hydrogen-bond acceptors (Lipinski definition) is 8. The maximum Gasteiger partial charge on any atom is 0.365 e. The molecule has 12 nitrogen and oxygen atoms in total. The Morgan fingerprint density at radius 1 is 1.18 bits per heavy atom. The minimum atomic E-state index is -1.35. The lowest BCUT2D eigenvalue weighted by Crippen LogP contribution is -2.75. The summed E-state index contributed by atoms with van der Waals surface area (Å²) in [6.07, 6.45) is 3.24. The van der Waals surface area contributed by atoms with Crippen molar-refractivity contribution in [3.63, 3.8) is 0 Å². The number of nitrogens with two attached hydrogens (primary N) is 1. The number of nitrogen functional groups attached to an aromatic ring is 1. The lowest BCUT2D eigenvalue weighted by Gasteiger charge is -2.29. The molecule has 1 amide bonds. The van der Waals surface area contributed by atoms with Crippen LogP contribution < -0.4 is 10.7 Å². The smallest absolute Gasteiger partial charge is 0.365 e. The van der Waals surface area contributed by atoms with E-state index in [4.69, 9.17) is 10.5 Å². The van der Waals surface area contributed by atoms with Crippen molar-refractivity contribution in [1.29, 1.82) is 0 Å². The van der Waals surface area contributed by atoms with Gasteiger partial charge in [0.2, 0.25) is 17.8 Å². The fraction of sp³-hybridized carbons (Fsp3) is 0.654. The number of likely N-dealkylation sites (tertiary alicyclic amines) is 1. The predicted octanol–water partition coefficient (Wildman–Crippen LogP) is -0.745. The zero-order valence-electron chi connectivity index (χ0n) is 21.6. The summed E-state index contributed by atoms with van der Waals surface area (Å²) in [5, 5.41) is 31.2. The Morgan fingerprint density at radius 2 is 1.92 bits per heavy atom. The molecule has 204 valence electrons. The van der Waals surface area contributed by atoms with Crippen molar-refractivity contribution in [1.82, 2.24) is 24.4 Å². The Labute approximate surface area is 220 Å². The molecule has 0 bridgehead atoms. The molecule has 12 heteroatoms. The number of carbonyl (C=O) groups excluding carboxylic acids is 1. The van der Waals surface area contributed by atoms with Crippen LogP contribution in [0.15, 0.2) is 6.33 Å². The summed E-state index contributed by atoms with van der Waals surface area (Å²) in [7, 11) is 0. The van der Waals surface area contributed by atoms with Crippen molar-refractivity contribution in [2.24, 2.45) is 11.8 Å². The lowest BCUT2D eigenvalue weighted by molar-refractivity contribution is -0.466. The summed E-state index contributed by atoms with van der Waals surface area (Å²) in [5.41, 5.74) is 6.75. The van der Waals surface area contributed by atoms with Gasteiger partial charge in [-0.3, -0.25) is 9.36 Å². The van der Waals surface area contributed by atoms with Gasteiger partial charge in [-0.1, -0.05) is 5.92 Å². The van der Waals surface area contributed by atoms with Crippen LogP contribution in [-0.2, 0) is 9.53 Å². The van der Waals surface area contributed by atoms with Crippen molar-refractivity contribution < 1.29 is 29.8 Å². The number of amides is 1. The second-order valence-electron chi connectivity index (χ2n) is 10.4. The zero-order chi connectivity index (χ0) is 26.8. The maximum atomic E-state index is 12.7. The fourth-order valence-electron chi connectivity index (χ4n) is 5.66. The number of ether oxygens (including phenoxy) is 1. The van der Waals surface area contributed by atoms with Gasteiger partial charge in [-0.25, -0.2) is 19.9 Å². The summed E-state index contributed by atoms with van der Waals surface area (Å²) in [4.78, 5) is 30.4. The molecule has 4 heterocycles. The molecule has 1 saturated carbocycles. The maximum absolute atomic E-state index is 12.7. The molecule has 0 spiro atoms. The number of hydrogen-bond donors (Lipinski definition) is 5. The quantitative estimate of drug-likeness (QED) is 0.191. The molecule has 38 heavy (non-hydrogen) atoms. The van der Waals surface area contributed by atoms with Gasteiger partial charge in [0.25, 0.3) is 0 Å². The Hall–Kier alpha value is -3.27. The van der Waals surface area contributed by atoms with E-state index in [1.54, 1.807) is 6.92 Å². The Morgan fingerprint density at radius 3 is 2.63 bits per heavy atom. The van der Waals surface area contributed by atoms with Crippen molar-refractivity contribution in [3.8, 4) is 11.8 Å². The molecule has 3 aliphatic rings. The molecule has 2 saturated heterocycles. The SMILES string of the molecule is CC[NH+]=C(O)C1OC(n2cnc3c(N)nc(C#CCC4CCC(C(=O)N5CCCC5)CC4)nc32)C(O)C1O. The highest BCUT2D eigenvalue weighted by Gasteiger charge is 2.49. The number of rotatable bonds is 5. The number of aromatic nitrogens is 4. The van der Waals surface area contributed by atoms with E-state index in [0.29, 0.717) is 36.0 Å². The average molecular weight is 527 g/mol. The number of anilines is 1. The first-order valence-corrected chi connectivity index (χ1v) is 13.5. The second-order valence-corrected chi connectivity index (χ2v) is 10.4. The number of aliphatic hydroxyl groups excluding tert-OH is 3. The van der Waals surface area contributed by atoms with Gasteiger partial charge in [-0.05, 0) is 57.3 Å². The van der Waals surface area contributed by atoms with Crippen LogP contribution in [0.3, 0.4) is 0 Å². The van der Waals surface area contributed by atoms with E-state index in [1.165, 1.54) is 10.9 Å². The molecule has 2 aromatic rings. The van der Waals surface area contributed by atoms with Crippen molar-refractivity contribution in [3.05, 3.63) is 12.2 Å². The number of nitrogens with zero attached hydrogens (tertiary/aromatic N) is 5. The molecule has 0 radical (unpaired) electrons. The highest BCUT2D eigenvalue weighted by Crippen LogP contribution is 2.33. The first-order chi connectivity index (χ1) is 18.4. The van der Waals surface area contributed by atoms with Gasteiger partial charge in [0.05, 0.1) is 6.33 Å². The number of nitrogens with one attached hydrogen (secondary N) is 1. The summed E-state index contributed by atoms with van der Waals surface area (Å²) in [5.74, 6) is 7.18. The molecular weight excluding hydrogens is 490 g/mol. The molecule has 2 aliphatic heterocycles. The van der Waals surface area contributed by atoms with E-state index in [2.05, 4.69) is 31.8 Å². The van der Waals surface area contributed by atoms with Crippen LogP contribution >= 0.6 is 0 Å². The van der Waals surface area contributed by atoms with Gasteiger partial charge in [0.1, 0.15) is 24.3 Å². The normalized spacial score (nSPS) is 30.0. The van der Waals surface area contributed by atoms with Crippen molar-refractivity contribution >= 4 is 28.8 Å². The highest BCUT2D eigenvalue weighted by atomic mass is 16.6. The van der Waals surface area contributed by atoms with Crippen LogP contribution in [0.1, 0.15) is 63.9 Å².